The van der Waals surface area contributed by atoms with Gasteiger partial charge in [-0.15, -0.1) is 0 Å². The number of carboxylic acids is 1. The fourth-order valence-corrected chi connectivity index (χ4v) is 1.22. The fraction of sp³-hybridized carbons (Fsp3) is 0.500. The van der Waals surface area contributed by atoms with Crippen molar-refractivity contribution in [1.29, 1.82) is 0 Å². The van der Waals surface area contributed by atoms with Crippen LogP contribution in [0.25, 0.3) is 0 Å². The summed E-state index contributed by atoms with van der Waals surface area (Å²) in [6.45, 7) is 6.82. The van der Waals surface area contributed by atoms with E-state index in [1.807, 2.05) is 0 Å². The van der Waals surface area contributed by atoms with E-state index in [9.17, 15) is 14.4 Å². The number of carbonyl (C=O) groups is 3. The molecular weight excluding hydrogens is 262 g/mol. The number of rotatable bonds is 6. The van der Waals surface area contributed by atoms with Crippen LogP contribution in [0.1, 0.15) is 34.1 Å². The van der Waals surface area contributed by atoms with Crippen LogP contribution in [0.4, 0.5) is 0 Å². The number of ether oxygens (including phenoxy) is 1. The van der Waals surface area contributed by atoms with E-state index in [0.717, 1.165) is 0 Å². The lowest BCUT2D eigenvalue weighted by molar-refractivity contribution is -0.158. The number of allylic oxidation sites excluding steroid dienone is 3. The van der Waals surface area contributed by atoms with Gasteiger partial charge in [-0.2, -0.15) is 0 Å². The number of nitrogens with one attached hydrogen (secondary N) is 1. The van der Waals surface area contributed by atoms with Crippen molar-refractivity contribution < 1.29 is 24.2 Å². The third-order valence-corrected chi connectivity index (χ3v) is 1.96. The van der Waals surface area contributed by atoms with Gasteiger partial charge < -0.3 is 15.2 Å². The van der Waals surface area contributed by atoms with E-state index < -0.39 is 35.9 Å². The third kappa shape index (κ3) is 8.91. The standard InChI is InChI=1S/C14H21NO5/c1-5-6-7-8-11(16)15-10(13(18)19)9-12(17)20-14(2,3)4/h5-8,10H,9H2,1-4H3,(H,15,16)(H,18,19)/t10-/m0/s1. The molecule has 0 bridgehead atoms. The minimum atomic E-state index is -1.31. The number of hydrogen-bond acceptors (Lipinski definition) is 4. The third-order valence-electron chi connectivity index (χ3n) is 1.96. The largest absolute Gasteiger partial charge is 0.480 e. The van der Waals surface area contributed by atoms with Crippen LogP contribution >= 0.6 is 0 Å². The minimum Gasteiger partial charge on any atom is -0.480 e. The molecule has 6 nitrogen and oxygen atoms in total. The maximum absolute atomic E-state index is 11.5. The van der Waals surface area contributed by atoms with Crippen molar-refractivity contribution >= 4 is 17.8 Å². The van der Waals surface area contributed by atoms with Crippen LogP contribution in [0, 0.1) is 0 Å². The Hall–Kier alpha value is -2.11. The molecule has 0 unspecified atom stereocenters. The summed E-state index contributed by atoms with van der Waals surface area (Å²) in [6.07, 6.45) is 5.59. The summed E-state index contributed by atoms with van der Waals surface area (Å²) in [7, 11) is 0. The Morgan fingerprint density at radius 1 is 1.25 bits per heavy atom. The average Bonchev–Trinajstić information content (AvgIpc) is 2.25. The lowest BCUT2D eigenvalue weighted by Gasteiger charge is -2.21. The lowest BCUT2D eigenvalue weighted by atomic mass is 10.1. The van der Waals surface area contributed by atoms with Crippen LogP contribution in [-0.2, 0) is 19.1 Å². The van der Waals surface area contributed by atoms with Gasteiger partial charge in [0, 0.05) is 6.08 Å². The molecule has 6 heteroatoms. The number of esters is 1. The Morgan fingerprint density at radius 2 is 1.85 bits per heavy atom. The van der Waals surface area contributed by atoms with Gasteiger partial charge >= 0.3 is 11.9 Å². The van der Waals surface area contributed by atoms with Gasteiger partial charge in [0.25, 0.3) is 0 Å². The summed E-state index contributed by atoms with van der Waals surface area (Å²) in [4.78, 5) is 34.0. The molecule has 0 aliphatic rings. The number of carbonyl (C=O) groups excluding carboxylic acids is 2. The minimum absolute atomic E-state index is 0.421. The quantitative estimate of drug-likeness (QED) is 0.437. The lowest BCUT2D eigenvalue weighted by Crippen LogP contribution is -2.42. The van der Waals surface area contributed by atoms with E-state index in [4.69, 9.17) is 9.84 Å². The monoisotopic (exact) mass is 283 g/mol. The number of aliphatic carboxylic acids is 1. The molecule has 0 saturated heterocycles. The average molecular weight is 283 g/mol. The van der Waals surface area contributed by atoms with E-state index in [2.05, 4.69) is 5.32 Å². The first kappa shape index (κ1) is 17.9. The molecule has 0 aromatic carbocycles. The van der Waals surface area contributed by atoms with Crippen molar-refractivity contribution in [2.75, 3.05) is 0 Å². The van der Waals surface area contributed by atoms with Crippen LogP contribution in [0.2, 0.25) is 0 Å². The first-order valence-electron chi connectivity index (χ1n) is 6.20. The Kier molecular flexibility index (Phi) is 7.28. The van der Waals surface area contributed by atoms with Gasteiger partial charge in [-0.05, 0) is 27.7 Å². The summed E-state index contributed by atoms with van der Waals surface area (Å²) in [6, 6.07) is -1.31. The van der Waals surface area contributed by atoms with E-state index >= 15 is 0 Å². The molecule has 2 N–H and O–H groups in total. The van der Waals surface area contributed by atoms with Crippen molar-refractivity contribution in [3.63, 3.8) is 0 Å². The molecule has 0 aliphatic heterocycles. The molecule has 0 aliphatic carbocycles. The molecule has 20 heavy (non-hydrogen) atoms. The summed E-state index contributed by atoms with van der Waals surface area (Å²) in [5.41, 5.74) is -0.698. The van der Waals surface area contributed by atoms with Crippen LogP contribution < -0.4 is 5.32 Å². The maximum atomic E-state index is 11.5. The Morgan fingerprint density at radius 3 is 2.30 bits per heavy atom. The maximum Gasteiger partial charge on any atom is 0.326 e. The molecular formula is C14H21NO5. The molecule has 112 valence electrons. The normalized spacial score (nSPS) is 13.4. The molecule has 0 radical (unpaired) electrons. The zero-order valence-corrected chi connectivity index (χ0v) is 12.2. The molecule has 0 rings (SSSR count). The number of carboxylic acid groups (broad SMARTS) is 1. The highest BCUT2D eigenvalue weighted by molar-refractivity contribution is 5.92. The van der Waals surface area contributed by atoms with Gasteiger partial charge in [0.15, 0.2) is 0 Å². The molecule has 0 spiro atoms. The van der Waals surface area contributed by atoms with Gasteiger partial charge in [0.1, 0.15) is 11.6 Å². The molecule has 1 atom stereocenters. The second-order valence-electron chi connectivity index (χ2n) is 5.07. The Balaban J connectivity index is 4.55. The topological polar surface area (TPSA) is 92.7 Å². The predicted octanol–water partition coefficient (Wildman–Crippen LogP) is 1.42. The van der Waals surface area contributed by atoms with Gasteiger partial charge in [-0.25, -0.2) is 4.79 Å². The van der Waals surface area contributed by atoms with Crippen LogP contribution in [0.3, 0.4) is 0 Å². The second-order valence-corrected chi connectivity index (χ2v) is 5.07. The highest BCUT2D eigenvalue weighted by Gasteiger charge is 2.25. The zero-order chi connectivity index (χ0) is 15.8. The van der Waals surface area contributed by atoms with Crippen LogP contribution in [0.5, 0.6) is 0 Å². The summed E-state index contributed by atoms with van der Waals surface area (Å²) < 4.78 is 5.02. The fourth-order valence-electron chi connectivity index (χ4n) is 1.22. The number of amides is 1. The molecule has 0 fully saturated rings. The smallest absolute Gasteiger partial charge is 0.326 e. The van der Waals surface area contributed by atoms with Crippen molar-refractivity contribution in [2.24, 2.45) is 0 Å². The van der Waals surface area contributed by atoms with E-state index in [1.54, 1.807) is 39.8 Å². The molecule has 1 amide bonds. The second kappa shape index (κ2) is 8.14. The molecule has 0 aromatic rings. The van der Waals surface area contributed by atoms with Gasteiger partial charge in [-0.3, -0.25) is 9.59 Å². The van der Waals surface area contributed by atoms with E-state index in [1.165, 1.54) is 12.2 Å². The zero-order valence-electron chi connectivity index (χ0n) is 12.2. The molecule has 0 heterocycles. The van der Waals surface area contributed by atoms with E-state index in [0.29, 0.717) is 0 Å². The summed E-state index contributed by atoms with van der Waals surface area (Å²) >= 11 is 0. The molecule has 0 saturated carbocycles. The van der Waals surface area contributed by atoms with Gasteiger partial charge in [0.05, 0.1) is 6.42 Å². The van der Waals surface area contributed by atoms with Gasteiger partial charge in [0.2, 0.25) is 5.91 Å². The highest BCUT2D eigenvalue weighted by Crippen LogP contribution is 2.09. The summed E-state index contributed by atoms with van der Waals surface area (Å²) in [5, 5.41) is 11.2. The van der Waals surface area contributed by atoms with Crippen LogP contribution in [0.15, 0.2) is 24.3 Å². The van der Waals surface area contributed by atoms with Gasteiger partial charge in [-0.1, -0.05) is 18.2 Å². The van der Waals surface area contributed by atoms with Crippen LogP contribution in [-0.4, -0.2) is 34.6 Å². The van der Waals surface area contributed by atoms with E-state index in [-0.39, 0.29) is 0 Å². The summed E-state index contributed by atoms with van der Waals surface area (Å²) in [5.74, 6) is -2.55. The Bertz CT molecular complexity index is 418. The highest BCUT2D eigenvalue weighted by atomic mass is 16.6. The predicted molar refractivity (Wildman–Crippen MR) is 74.0 cm³/mol. The van der Waals surface area contributed by atoms with Crippen molar-refractivity contribution in [3.8, 4) is 0 Å². The van der Waals surface area contributed by atoms with Crippen molar-refractivity contribution in [2.45, 2.75) is 45.8 Å². The first-order valence-corrected chi connectivity index (χ1v) is 6.20. The molecule has 0 aromatic heterocycles. The number of hydrogen-bond donors (Lipinski definition) is 2. The SMILES string of the molecule is CC=CC=CC(=O)N[C@@H](CC(=O)OC(C)(C)C)C(=O)O. The van der Waals surface area contributed by atoms with Crippen molar-refractivity contribution in [3.05, 3.63) is 24.3 Å². The Labute approximate surface area is 118 Å². The first-order chi connectivity index (χ1) is 9.15. The van der Waals surface area contributed by atoms with Crippen molar-refractivity contribution in [1.82, 2.24) is 5.32 Å².